The highest BCUT2D eigenvalue weighted by Crippen LogP contribution is 2.29. The van der Waals surface area contributed by atoms with E-state index in [1.54, 1.807) is 0 Å². The van der Waals surface area contributed by atoms with Crippen molar-refractivity contribution < 1.29 is 8.42 Å². The van der Waals surface area contributed by atoms with E-state index in [0.717, 1.165) is 24.3 Å². The Morgan fingerprint density at radius 1 is 1.43 bits per heavy atom. The smallest absolute Gasteiger partial charge is 0.147 e. The number of hydrogen-bond donors (Lipinski definition) is 1. The summed E-state index contributed by atoms with van der Waals surface area (Å²) in [6.45, 7) is 0.502. The van der Waals surface area contributed by atoms with Crippen LogP contribution in [0, 0.1) is 11.8 Å². The third-order valence-corrected chi connectivity index (χ3v) is 4.83. The van der Waals surface area contributed by atoms with Gasteiger partial charge in [-0.05, 0) is 42.7 Å². The lowest BCUT2D eigenvalue weighted by molar-refractivity contribution is 0.344. The van der Waals surface area contributed by atoms with Crippen molar-refractivity contribution in [2.45, 2.75) is 12.8 Å². The maximum absolute atomic E-state index is 11.2. The fourth-order valence-electron chi connectivity index (χ4n) is 1.97. The summed E-state index contributed by atoms with van der Waals surface area (Å²) in [4.78, 5) is 0. The van der Waals surface area contributed by atoms with Gasteiger partial charge in [-0.2, -0.15) is 11.8 Å². The molecule has 1 atom stereocenters. The first-order chi connectivity index (χ1) is 6.53. The zero-order chi connectivity index (χ0) is 10.6. The van der Waals surface area contributed by atoms with Gasteiger partial charge in [-0.25, -0.2) is 8.42 Å². The standard InChI is InChI=1S/C9H19NO2S2/c1-14(11,12)7-9(6-10)8-2-4-13-5-3-8/h8-9H,2-7,10H2,1H3. The van der Waals surface area contributed by atoms with Gasteiger partial charge in [0.05, 0.1) is 5.75 Å². The first-order valence-corrected chi connectivity index (χ1v) is 8.20. The molecule has 1 rings (SSSR count). The van der Waals surface area contributed by atoms with Crippen LogP contribution in [0.2, 0.25) is 0 Å². The van der Waals surface area contributed by atoms with Crippen molar-refractivity contribution in [3.8, 4) is 0 Å². The maximum atomic E-state index is 11.2. The van der Waals surface area contributed by atoms with Crippen LogP contribution in [0.4, 0.5) is 0 Å². The van der Waals surface area contributed by atoms with Gasteiger partial charge >= 0.3 is 0 Å². The molecule has 2 N–H and O–H groups in total. The average molecular weight is 237 g/mol. The summed E-state index contributed by atoms with van der Waals surface area (Å²) in [7, 11) is -2.87. The second-order valence-corrected chi connectivity index (χ2v) is 7.45. The van der Waals surface area contributed by atoms with Crippen LogP contribution < -0.4 is 5.73 Å². The lowest BCUT2D eigenvalue weighted by atomic mass is 9.89. The summed E-state index contributed by atoms with van der Waals surface area (Å²) in [6.07, 6.45) is 3.55. The Bertz CT molecular complexity index is 258. The predicted molar refractivity (Wildman–Crippen MR) is 62.3 cm³/mol. The van der Waals surface area contributed by atoms with Gasteiger partial charge in [0.2, 0.25) is 0 Å². The van der Waals surface area contributed by atoms with Crippen molar-refractivity contribution >= 4 is 21.6 Å². The fraction of sp³-hybridized carbons (Fsp3) is 1.00. The van der Waals surface area contributed by atoms with E-state index in [2.05, 4.69) is 0 Å². The predicted octanol–water partition coefficient (Wildman–Crippen LogP) is 0.749. The quantitative estimate of drug-likeness (QED) is 0.784. The van der Waals surface area contributed by atoms with Crippen LogP contribution in [0.1, 0.15) is 12.8 Å². The molecule has 0 bridgehead atoms. The van der Waals surface area contributed by atoms with E-state index in [1.165, 1.54) is 6.26 Å². The normalized spacial score (nSPS) is 22.1. The highest BCUT2D eigenvalue weighted by atomic mass is 32.2. The SMILES string of the molecule is CS(=O)(=O)CC(CN)C1CCSCC1. The minimum atomic E-state index is -2.87. The molecule has 0 aromatic rings. The van der Waals surface area contributed by atoms with Gasteiger partial charge in [-0.3, -0.25) is 0 Å². The monoisotopic (exact) mass is 237 g/mol. The van der Waals surface area contributed by atoms with Gasteiger partial charge in [-0.1, -0.05) is 0 Å². The van der Waals surface area contributed by atoms with E-state index in [0.29, 0.717) is 12.5 Å². The summed E-state index contributed by atoms with van der Waals surface area (Å²) < 4.78 is 22.4. The van der Waals surface area contributed by atoms with E-state index >= 15 is 0 Å². The molecule has 1 saturated heterocycles. The van der Waals surface area contributed by atoms with Gasteiger partial charge in [0.25, 0.3) is 0 Å². The second kappa shape index (κ2) is 5.37. The van der Waals surface area contributed by atoms with Crippen LogP contribution >= 0.6 is 11.8 Å². The Labute approximate surface area is 90.7 Å². The minimum Gasteiger partial charge on any atom is -0.330 e. The molecule has 84 valence electrons. The largest absolute Gasteiger partial charge is 0.330 e. The first-order valence-electron chi connectivity index (χ1n) is 4.98. The molecule has 1 fully saturated rings. The molecule has 1 unspecified atom stereocenters. The molecular formula is C9H19NO2S2. The highest BCUT2D eigenvalue weighted by Gasteiger charge is 2.25. The summed E-state index contributed by atoms with van der Waals surface area (Å²) >= 11 is 1.95. The van der Waals surface area contributed by atoms with Gasteiger partial charge in [0.15, 0.2) is 0 Å². The van der Waals surface area contributed by atoms with E-state index in [-0.39, 0.29) is 11.7 Å². The Hall–Kier alpha value is 0.260. The molecule has 0 amide bonds. The molecule has 0 spiro atoms. The van der Waals surface area contributed by atoms with Gasteiger partial charge < -0.3 is 5.73 Å². The molecule has 5 heteroatoms. The number of hydrogen-bond acceptors (Lipinski definition) is 4. The number of thioether (sulfide) groups is 1. The Kier molecular flexibility index (Phi) is 4.73. The van der Waals surface area contributed by atoms with Crippen LogP contribution in [0.5, 0.6) is 0 Å². The van der Waals surface area contributed by atoms with Crippen molar-refractivity contribution in [3.05, 3.63) is 0 Å². The Morgan fingerprint density at radius 2 is 2.00 bits per heavy atom. The summed E-state index contributed by atoms with van der Waals surface area (Å²) in [5, 5.41) is 0. The lowest BCUT2D eigenvalue weighted by Crippen LogP contribution is -2.32. The second-order valence-electron chi connectivity index (χ2n) is 4.04. The zero-order valence-corrected chi connectivity index (χ0v) is 10.2. The topological polar surface area (TPSA) is 60.2 Å². The van der Waals surface area contributed by atoms with Crippen molar-refractivity contribution in [1.82, 2.24) is 0 Å². The van der Waals surface area contributed by atoms with Crippen molar-refractivity contribution in [1.29, 1.82) is 0 Å². The molecule has 14 heavy (non-hydrogen) atoms. The maximum Gasteiger partial charge on any atom is 0.147 e. The summed E-state index contributed by atoms with van der Waals surface area (Å²) in [5.41, 5.74) is 5.64. The van der Waals surface area contributed by atoms with Crippen LogP contribution in [0.25, 0.3) is 0 Å². The molecule has 1 heterocycles. The Morgan fingerprint density at radius 3 is 2.43 bits per heavy atom. The molecule has 0 radical (unpaired) electrons. The van der Waals surface area contributed by atoms with Crippen LogP contribution in [0.15, 0.2) is 0 Å². The first kappa shape index (κ1) is 12.3. The molecule has 1 aliphatic heterocycles. The molecule has 0 saturated carbocycles. The lowest BCUT2D eigenvalue weighted by Gasteiger charge is -2.28. The fourth-order valence-corrected chi connectivity index (χ4v) is 4.30. The summed E-state index contributed by atoms with van der Waals surface area (Å²) in [5.74, 6) is 3.27. The Balaban J connectivity index is 2.52. The molecule has 0 aromatic carbocycles. The van der Waals surface area contributed by atoms with E-state index in [9.17, 15) is 8.42 Å². The zero-order valence-electron chi connectivity index (χ0n) is 8.61. The van der Waals surface area contributed by atoms with Crippen LogP contribution in [0.3, 0.4) is 0 Å². The molecule has 1 aliphatic rings. The van der Waals surface area contributed by atoms with Crippen LogP contribution in [-0.2, 0) is 9.84 Å². The molecule has 0 aliphatic carbocycles. The molecule has 3 nitrogen and oxygen atoms in total. The van der Waals surface area contributed by atoms with Gasteiger partial charge in [-0.15, -0.1) is 0 Å². The third kappa shape index (κ3) is 4.19. The molecule has 0 aromatic heterocycles. The van der Waals surface area contributed by atoms with Crippen molar-refractivity contribution in [2.24, 2.45) is 17.6 Å². The number of sulfone groups is 1. The van der Waals surface area contributed by atoms with Gasteiger partial charge in [0.1, 0.15) is 9.84 Å². The summed E-state index contributed by atoms with van der Waals surface area (Å²) in [6, 6.07) is 0. The number of nitrogens with two attached hydrogens (primary N) is 1. The molecular weight excluding hydrogens is 218 g/mol. The third-order valence-electron chi connectivity index (χ3n) is 2.75. The van der Waals surface area contributed by atoms with E-state index in [1.807, 2.05) is 11.8 Å². The van der Waals surface area contributed by atoms with E-state index < -0.39 is 9.84 Å². The number of rotatable bonds is 4. The van der Waals surface area contributed by atoms with E-state index in [4.69, 9.17) is 5.73 Å². The van der Waals surface area contributed by atoms with Crippen molar-refractivity contribution in [3.63, 3.8) is 0 Å². The average Bonchev–Trinajstić information content (AvgIpc) is 2.14. The van der Waals surface area contributed by atoms with Crippen LogP contribution in [-0.4, -0.2) is 38.5 Å². The van der Waals surface area contributed by atoms with Gasteiger partial charge in [0, 0.05) is 6.26 Å². The van der Waals surface area contributed by atoms with Crippen molar-refractivity contribution in [2.75, 3.05) is 30.1 Å². The highest BCUT2D eigenvalue weighted by molar-refractivity contribution is 7.99. The minimum absolute atomic E-state index is 0.172.